The van der Waals surface area contributed by atoms with Crippen LogP contribution in [-0.4, -0.2) is 44.4 Å². The zero-order valence-corrected chi connectivity index (χ0v) is 19.1. The molecule has 34 heavy (non-hydrogen) atoms. The minimum atomic E-state index is -0.726. The number of aliphatic hydroxyl groups excluding tert-OH is 1. The molecule has 4 rings (SSSR count). The average molecular weight is 458 g/mol. The van der Waals surface area contributed by atoms with Crippen LogP contribution in [0.4, 0.5) is 0 Å². The predicted molar refractivity (Wildman–Crippen MR) is 129 cm³/mol. The van der Waals surface area contributed by atoms with Crippen LogP contribution in [0.1, 0.15) is 29.2 Å². The molecule has 0 bridgehead atoms. The Balaban J connectivity index is 1.73. The quantitative estimate of drug-likeness (QED) is 0.225. The number of aromatic nitrogens is 2. The number of benzene rings is 2. The fourth-order valence-corrected chi connectivity index (χ4v) is 4.10. The molecule has 1 saturated heterocycles. The molecular formula is C27H27N3O4. The number of ether oxygens (including phenoxy) is 1. The Bertz CT molecular complexity index is 1210. The van der Waals surface area contributed by atoms with E-state index >= 15 is 0 Å². The van der Waals surface area contributed by atoms with E-state index in [1.54, 1.807) is 42.9 Å². The van der Waals surface area contributed by atoms with Crippen molar-refractivity contribution in [3.05, 3.63) is 102 Å². The molecule has 1 fully saturated rings. The SMILES string of the molecule is C=CCOc1cccc(C2/C(=C(/O)c3ccc(C)cc3)C(=O)C(=O)N2CCCn2ccnc2)c1. The number of aliphatic hydroxyl groups is 1. The molecule has 174 valence electrons. The van der Waals surface area contributed by atoms with Gasteiger partial charge in [0.05, 0.1) is 17.9 Å². The van der Waals surface area contributed by atoms with Gasteiger partial charge in [0.1, 0.15) is 18.1 Å². The van der Waals surface area contributed by atoms with E-state index in [1.807, 2.05) is 42.0 Å². The molecule has 3 aromatic rings. The maximum atomic E-state index is 13.2. The van der Waals surface area contributed by atoms with Crippen LogP contribution in [0.2, 0.25) is 0 Å². The van der Waals surface area contributed by atoms with Gasteiger partial charge in [-0.2, -0.15) is 0 Å². The zero-order valence-electron chi connectivity index (χ0n) is 19.1. The van der Waals surface area contributed by atoms with Crippen LogP contribution < -0.4 is 4.74 Å². The first-order valence-corrected chi connectivity index (χ1v) is 11.1. The minimum Gasteiger partial charge on any atom is -0.507 e. The van der Waals surface area contributed by atoms with Crippen molar-refractivity contribution in [2.45, 2.75) is 25.9 Å². The summed E-state index contributed by atoms with van der Waals surface area (Å²) >= 11 is 0. The summed E-state index contributed by atoms with van der Waals surface area (Å²) in [6.07, 6.45) is 7.53. The van der Waals surface area contributed by atoms with E-state index < -0.39 is 17.7 Å². The molecule has 0 spiro atoms. The number of carbonyl (C=O) groups is 2. The van der Waals surface area contributed by atoms with Gasteiger partial charge in [-0.05, 0) is 31.0 Å². The molecule has 0 aliphatic carbocycles. The smallest absolute Gasteiger partial charge is 0.295 e. The van der Waals surface area contributed by atoms with Gasteiger partial charge < -0.3 is 19.3 Å². The first-order valence-electron chi connectivity index (χ1n) is 11.1. The van der Waals surface area contributed by atoms with Gasteiger partial charge in [0, 0.05) is 31.0 Å². The van der Waals surface area contributed by atoms with Crippen LogP contribution in [0, 0.1) is 6.92 Å². The van der Waals surface area contributed by atoms with Crippen LogP contribution in [0.15, 0.2) is 85.5 Å². The highest BCUT2D eigenvalue weighted by Crippen LogP contribution is 2.40. The molecule has 1 aliphatic rings. The molecule has 1 N–H and O–H groups in total. The molecule has 2 aromatic carbocycles. The van der Waals surface area contributed by atoms with Crippen molar-refractivity contribution in [1.29, 1.82) is 0 Å². The molecule has 1 aliphatic heterocycles. The summed E-state index contributed by atoms with van der Waals surface area (Å²) in [5.41, 5.74) is 2.29. The lowest BCUT2D eigenvalue weighted by atomic mass is 9.95. The monoisotopic (exact) mass is 457 g/mol. The van der Waals surface area contributed by atoms with Gasteiger partial charge in [-0.3, -0.25) is 9.59 Å². The van der Waals surface area contributed by atoms with Crippen LogP contribution in [0.5, 0.6) is 5.75 Å². The summed E-state index contributed by atoms with van der Waals surface area (Å²) in [5.74, 6) is -0.903. The Hall–Kier alpha value is -4.13. The lowest BCUT2D eigenvalue weighted by Crippen LogP contribution is -2.31. The van der Waals surface area contributed by atoms with Crippen LogP contribution in [0.25, 0.3) is 5.76 Å². The Morgan fingerprint density at radius 1 is 1.18 bits per heavy atom. The summed E-state index contributed by atoms with van der Waals surface area (Å²) in [5, 5.41) is 11.2. The lowest BCUT2D eigenvalue weighted by Gasteiger charge is -2.25. The number of carbonyl (C=O) groups excluding carboxylic acids is 2. The minimum absolute atomic E-state index is 0.0809. The number of nitrogens with zero attached hydrogens (tertiary/aromatic N) is 3. The van der Waals surface area contributed by atoms with Crippen molar-refractivity contribution in [2.24, 2.45) is 0 Å². The maximum Gasteiger partial charge on any atom is 0.295 e. The number of rotatable bonds is 9. The lowest BCUT2D eigenvalue weighted by molar-refractivity contribution is -0.139. The molecular weight excluding hydrogens is 430 g/mol. The predicted octanol–water partition coefficient (Wildman–Crippen LogP) is 4.27. The molecule has 7 nitrogen and oxygen atoms in total. The maximum absolute atomic E-state index is 13.2. The molecule has 0 saturated carbocycles. The number of hydrogen-bond acceptors (Lipinski definition) is 5. The summed E-state index contributed by atoms with van der Waals surface area (Å²) in [7, 11) is 0. The first kappa shape index (κ1) is 23.0. The van der Waals surface area contributed by atoms with E-state index in [0.717, 1.165) is 5.56 Å². The number of ketones is 1. The van der Waals surface area contributed by atoms with E-state index in [2.05, 4.69) is 11.6 Å². The van der Waals surface area contributed by atoms with Crippen molar-refractivity contribution in [1.82, 2.24) is 14.5 Å². The van der Waals surface area contributed by atoms with Crippen molar-refractivity contribution in [3.8, 4) is 5.75 Å². The standard InChI is InChI=1S/C27H27N3O4/c1-3-16-34-22-7-4-6-21(17-22)24-23(25(31)20-10-8-19(2)9-11-20)26(32)27(33)30(24)14-5-13-29-15-12-28-18-29/h3-4,6-12,15,17-18,24,31H,1,5,13-14,16H2,2H3/b25-23-. The Morgan fingerprint density at radius 3 is 2.68 bits per heavy atom. The van der Waals surface area contributed by atoms with Crippen LogP contribution in [-0.2, 0) is 16.1 Å². The third-order valence-electron chi connectivity index (χ3n) is 5.78. The fourth-order valence-electron chi connectivity index (χ4n) is 4.10. The fraction of sp³-hybridized carbons (Fsp3) is 0.222. The van der Waals surface area contributed by atoms with Gasteiger partial charge in [0.15, 0.2) is 0 Å². The average Bonchev–Trinajstić information content (AvgIpc) is 3.45. The highest BCUT2D eigenvalue weighted by atomic mass is 16.5. The third kappa shape index (κ3) is 4.78. The van der Waals surface area contributed by atoms with Crippen molar-refractivity contribution < 1.29 is 19.4 Å². The van der Waals surface area contributed by atoms with Gasteiger partial charge in [-0.25, -0.2) is 4.98 Å². The molecule has 1 amide bonds. The number of Topliss-reactive ketones (excluding diaryl/α,β-unsaturated/α-hetero) is 1. The first-order chi connectivity index (χ1) is 16.5. The van der Waals surface area contributed by atoms with Gasteiger partial charge in [-0.15, -0.1) is 0 Å². The summed E-state index contributed by atoms with van der Waals surface area (Å²) in [4.78, 5) is 31.8. The summed E-state index contributed by atoms with van der Waals surface area (Å²) in [6.45, 7) is 6.93. The van der Waals surface area contributed by atoms with E-state index in [0.29, 0.717) is 43.0 Å². The number of imidazole rings is 1. The van der Waals surface area contributed by atoms with Gasteiger partial charge in [-0.1, -0.05) is 54.6 Å². The molecule has 1 unspecified atom stereocenters. The van der Waals surface area contributed by atoms with Crippen molar-refractivity contribution in [2.75, 3.05) is 13.2 Å². The Labute approximate surface area is 198 Å². The van der Waals surface area contributed by atoms with Gasteiger partial charge >= 0.3 is 0 Å². The number of amides is 1. The second kappa shape index (κ2) is 10.2. The molecule has 1 aromatic heterocycles. The van der Waals surface area contributed by atoms with E-state index in [1.165, 1.54) is 4.90 Å². The van der Waals surface area contributed by atoms with E-state index in [-0.39, 0.29) is 11.3 Å². The normalized spacial score (nSPS) is 17.2. The number of likely N-dealkylation sites (tertiary alicyclic amines) is 1. The second-order valence-electron chi connectivity index (χ2n) is 8.18. The highest BCUT2D eigenvalue weighted by Gasteiger charge is 2.45. The zero-order chi connectivity index (χ0) is 24.1. The summed E-state index contributed by atoms with van der Waals surface area (Å²) < 4.78 is 7.59. The molecule has 1 atom stereocenters. The van der Waals surface area contributed by atoms with Crippen molar-refractivity contribution in [3.63, 3.8) is 0 Å². The largest absolute Gasteiger partial charge is 0.507 e. The topological polar surface area (TPSA) is 84.7 Å². The highest BCUT2D eigenvalue weighted by molar-refractivity contribution is 6.46. The van der Waals surface area contributed by atoms with E-state index in [4.69, 9.17) is 4.74 Å². The van der Waals surface area contributed by atoms with Gasteiger partial charge in [0.25, 0.3) is 11.7 Å². The van der Waals surface area contributed by atoms with E-state index in [9.17, 15) is 14.7 Å². The molecule has 0 radical (unpaired) electrons. The number of hydrogen-bond donors (Lipinski definition) is 1. The molecule has 2 heterocycles. The second-order valence-corrected chi connectivity index (χ2v) is 8.18. The van der Waals surface area contributed by atoms with Crippen molar-refractivity contribution >= 4 is 17.4 Å². The van der Waals surface area contributed by atoms with Gasteiger partial charge in [0.2, 0.25) is 0 Å². The molecule has 7 heteroatoms. The van der Waals surface area contributed by atoms with Crippen LogP contribution >= 0.6 is 0 Å². The Kier molecular flexibility index (Phi) is 6.92. The van der Waals surface area contributed by atoms with Crippen LogP contribution in [0.3, 0.4) is 0 Å². The number of aryl methyl sites for hydroxylation is 2. The summed E-state index contributed by atoms with van der Waals surface area (Å²) in [6, 6.07) is 13.7. The third-order valence-corrected chi connectivity index (χ3v) is 5.78. The Morgan fingerprint density at radius 2 is 1.97 bits per heavy atom.